The summed E-state index contributed by atoms with van der Waals surface area (Å²) in [4.78, 5) is 2.49. The highest BCUT2D eigenvalue weighted by Crippen LogP contribution is 2.34. The Bertz CT molecular complexity index is 642. The SMILES string of the molecule is COc1cccc(C2=CCN(CCCC3(C#N)CCOCC3)CC2)c1. The molecule has 2 heterocycles. The van der Waals surface area contributed by atoms with Crippen LogP contribution in [0.5, 0.6) is 5.75 Å². The molecule has 134 valence electrons. The number of nitriles is 1. The smallest absolute Gasteiger partial charge is 0.119 e. The lowest BCUT2D eigenvalue weighted by atomic mass is 9.78. The molecule has 3 rings (SSSR count). The van der Waals surface area contributed by atoms with Crippen LogP contribution in [0.1, 0.15) is 37.7 Å². The summed E-state index contributed by atoms with van der Waals surface area (Å²) in [6.45, 7) is 4.64. The largest absolute Gasteiger partial charge is 0.497 e. The molecule has 0 aliphatic carbocycles. The molecule has 1 fully saturated rings. The van der Waals surface area contributed by atoms with Crippen LogP contribution in [0.2, 0.25) is 0 Å². The van der Waals surface area contributed by atoms with Gasteiger partial charge < -0.3 is 9.47 Å². The molecule has 0 radical (unpaired) electrons. The van der Waals surface area contributed by atoms with Crippen LogP contribution in [0.3, 0.4) is 0 Å². The van der Waals surface area contributed by atoms with Crippen LogP contribution in [-0.2, 0) is 4.74 Å². The molecule has 1 aromatic carbocycles. The van der Waals surface area contributed by atoms with Crippen LogP contribution in [0.25, 0.3) is 5.57 Å². The Morgan fingerprint density at radius 1 is 1.32 bits per heavy atom. The van der Waals surface area contributed by atoms with Crippen molar-refractivity contribution in [3.8, 4) is 11.8 Å². The standard InChI is InChI=1S/C21H28N2O2/c1-24-20-5-2-4-19(16-20)18-6-12-23(13-7-18)11-3-8-21(17-22)9-14-25-15-10-21/h2,4-6,16H,3,7-15H2,1H3. The van der Waals surface area contributed by atoms with Gasteiger partial charge in [0, 0.05) is 26.3 Å². The fourth-order valence-electron chi connectivity index (χ4n) is 3.82. The van der Waals surface area contributed by atoms with Crippen LogP contribution in [0, 0.1) is 16.7 Å². The van der Waals surface area contributed by atoms with E-state index < -0.39 is 0 Å². The molecule has 0 N–H and O–H groups in total. The van der Waals surface area contributed by atoms with Gasteiger partial charge in [-0.25, -0.2) is 0 Å². The average molecular weight is 340 g/mol. The minimum Gasteiger partial charge on any atom is -0.497 e. The first-order chi connectivity index (χ1) is 12.2. The molecule has 0 aromatic heterocycles. The van der Waals surface area contributed by atoms with Crippen LogP contribution < -0.4 is 4.74 Å². The van der Waals surface area contributed by atoms with Crippen molar-refractivity contribution in [3.63, 3.8) is 0 Å². The van der Waals surface area contributed by atoms with Crippen molar-refractivity contribution in [1.82, 2.24) is 4.90 Å². The van der Waals surface area contributed by atoms with Crippen LogP contribution in [0.4, 0.5) is 0 Å². The molecule has 0 bridgehead atoms. The Balaban J connectivity index is 1.48. The topological polar surface area (TPSA) is 45.5 Å². The fourth-order valence-corrected chi connectivity index (χ4v) is 3.82. The second kappa shape index (κ2) is 8.51. The first-order valence-electron chi connectivity index (χ1n) is 9.29. The van der Waals surface area contributed by atoms with Crippen molar-refractivity contribution in [2.45, 2.75) is 32.1 Å². The second-order valence-electron chi connectivity index (χ2n) is 7.12. The Labute approximate surface area is 151 Å². The molecule has 0 saturated carbocycles. The number of ether oxygens (including phenoxy) is 2. The van der Waals surface area contributed by atoms with E-state index in [2.05, 4.69) is 35.2 Å². The third kappa shape index (κ3) is 4.62. The molecular weight excluding hydrogens is 312 g/mol. The number of benzene rings is 1. The van der Waals surface area contributed by atoms with Gasteiger partial charge in [0.05, 0.1) is 18.6 Å². The van der Waals surface area contributed by atoms with E-state index >= 15 is 0 Å². The summed E-state index contributed by atoms with van der Waals surface area (Å²) in [5, 5.41) is 9.54. The van der Waals surface area contributed by atoms with Gasteiger partial charge in [-0.05, 0) is 61.9 Å². The summed E-state index contributed by atoms with van der Waals surface area (Å²) < 4.78 is 10.7. The Hall–Kier alpha value is -1.83. The van der Waals surface area contributed by atoms with Crippen LogP contribution >= 0.6 is 0 Å². The summed E-state index contributed by atoms with van der Waals surface area (Å²) in [5.41, 5.74) is 2.54. The molecule has 0 atom stereocenters. The lowest BCUT2D eigenvalue weighted by Gasteiger charge is -2.32. The molecule has 2 aliphatic rings. The van der Waals surface area contributed by atoms with E-state index in [-0.39, 0.29) is 5.41 Å². The zero-order valence-corrected chi connectivity index (χ0v) is 15.2. The summed E-state index contributed by atoms with van der Waals surface area (Å²) >= 11 is 0. The first kappa shape index (κ1) is 18.0. The van der Waals surface area contributed by atoms with E-state index in [1.807, 2.05) is 6.07 Å². The molecular formula is C21H28N2O2. The summed E-state index contributed by atoms with van der Waals surface area (Å²) in [6.07, 6.45) is 7.29. The summed E-state index contributed by atoms with van der Waals surface area (Å²) in [6, 6.07) is 10.9. The maximum absolute atomic E-state index is 9.54. The highest BCUT2D eigenvalue weighted by molar-refractivity contribution is 5.67. The van der Waals surface area contributed by atoms with Gasteiger partial charge in [-0.1, -0.05) is 18.2 Å². The number of hydrogen-bond acceptors (Lipinski definition) is 4. The quantitative estimate of drug-likeness (QED) is 0.788. The molecule has 25 heavy (non-hydrogen) atoms. The van der Waals surface area contributed by atoms with Crippen molar-refractivity contribution in [3.05, 3.63) is 35.9 Å². The molecule has 2 aliphatic heterocycles. The number of nitrogens with zero attached hydrogens (tertiary/aromatic N) is 2. The van der Waals surface area contributed by atoms with Crippen LogP contribution in [0.15, 0.2) is 30.3 Å². The molecule has 0 amide bonds. The van der Waals surface area contributed by atoms with E-state index in [9.17, 15) is 5.26 Å². The van der Waals surface area contributed by atoms with Crippen molar-refractivity contribution in [1.29, 1.82) is 5.26 Å². The van der Waals surface area contributed by atoms with Gasteiger partial charge >= 0.3 is 0 Å². The predicted molar refractivity (Wildman–Crippen MR) is 99.4 cm³/mol. The Kier molecular flexibility index (Phi) is 6.12. The lowest BCUT2D eigenvalue weighted by molar-refractivity contribution is 0.0350. The van der Waals surface area contributed by atoms with E-state index in [4.69, 9.17) is 9.47 Å². The van der Waals surface area contributed by atoms with E-state index in [1.54, 1.807) is 7.11 Å². The number of rotatable bonds is 6. The lowest BCUT2D eigenvalue weighted by Crippen LogP contribution is -2.32. The summed E-state index contributed by atoms with van der Waals surface area (Å²) in [5.74, 6) is 0.916. The molecule has 4 nitrogen and oxygen atoms in total. The highest BCUT2D eigenvalue weighted by atomic mass is 16.5. The zero-order valence-electron chi connectivity index (χ0n) is 15.2. The first-order valence-corrected chi connectivity index (χ1v) is 9.29. The van der Waals surface area contributed by atoms with Crippen molar-refractivity contribution < 1.29 is 9.47 Å². The summed E-state index contributed by atoms with van der Waals surface area (Å²) in [7, 11) is 1.71. The van der Waals surface area contributed by atoms with Gasteiger partial charge in [-0.15, -0.1) is 0 Å². The average Bonchev–Trinajstić information content (AvgIpc) is 2.69. The maximum Gasteiger partial charge on any atom is 0.119 e. The monoisotopic (exact) mass is 340 g/mol. The van der Waals surface area contributed by atoms with Gasteiger partial charge in [-0.3, -0.25) is 4.90 Å². The third-order valence-electron chi connectivity index (χ3n) is 5.55. The highest BCUT2D eigenvalue weighted by Gasteiger charge is 2.32. The molecule has 1 saturated heterocycles. The van der Waals surface area contributed by atoms with E-state index in [0.29, 0.717) is 0 Å². The molecule has 0 unspecified atom stereocenters. The van der Waals surface area contributed by atoms with E-state index in [0.717, 1.165) is 70.7 Å². The van der Waals surface area contributed by atoms with Gasteiger partial charge in [0.15, 0.2) is 0 Å². The molecule has 0 spiro atoms. The van der Waals surface area contributed by atoms with Crippen molar-refractivity contribution >= 4 is 5.57 Å². The molecule has 1 aromatic rings. The van der Waals surface area contributed by atoms with Gasteiger partial charge in [0.2, 0.25) is 0 Å². The van der Waals surface area contributed by atoms with Crippen LogP contribution in [-0.4, -0.2) is 44.9 Å². The fraction of sp³-hybridized carbons (Fsp3) is 0.571. The van der Waals surface area contributed by atoms with Gasteiger partial charge in [0.1, 0.15) is 5.75 Å². The predicted octanol–water partition coefficient (Wildman–Crippen LogP) is 3.88. The minimum absolute atomic E-state index is 0.143. The Morgan fingerprint density at radius 3 is 2.84 bits per heavy atom. The third-order valence-corrected chi connectivity index (χ3v) is 5.55. The number of hydrogen-bond donors (Lipinski definition) is 0. The van der Waals surface area contributed by atoms with Crippen molar-refractivity contribution in [2.75, 3.05) is 40.0 Å². The van der Waals surface area contributed by atoms with Gasteiger partial charge in [0.25, 0.3) is 0 Å². The second-order valence-corrected chi connectivity index (χ2v) is 7.12. The Morgan fingerprint density at radius 2 is 2.16 bits per heavy atom. The van der Waals surface area contributed by atoms with Gasteiger partial charge in [-0.2, -0.15) is 5.26 Å². The van der Waals surface area contributed by atoms with Crippen molar-refractivity contribution in [2.24, 2.45) is 5.41 Å². The number of methoxy groups -OCH3 is 1. The van der Waals surface area contributed by atoms with E-state index in [1.165, 1.54) is 11.1 Å². The zero-order chi connectivity index (χ0) is 17.5. The molecule has 4 heteroatoms. The maximum atomic E-state index is 9.54. The normalized spacial score (nSPS) is 20.6. The minimum atomic E-state index is -0.143.